The standard InChI is InChI=1S/C17H17F3N4O/c18-17(19,20)11-9-13-15(21-10-11)24(23-12-5-2-1-3-6-12)16(22-13)14-7-4-8-25-14/h4,7-10,12,23H,1-3,5-6H2. The van der Waals surface area contributed by atoms with E-state index in [4.69, 9.17) is 4.42 Å². The van der Waals surface area contributed by atoms with Gasteiger partial charge in [-0.15, -0.1) is 0 Å². The minimum atomic E-state index is -4.45. The Hall–Kier alpha value is -2.51. The number of halogens is 3. The number of alkyl halides is 3. The maximum atomic E-state index is 13.0. The second-order valence-corrected chi connectivity index (χ2v) is 6.28. The molecule has 0 aliphatic heterocycles. The van der Waals surface area contributed by atoms with Crippen molar-refractivity contribution < 1.29 is 17.6 Å². The third-order valence-electron chi connectivity index (χ3n) is 4.48. The average Bonchev–Trinajstić information content (AvgIpc) is 3.23. The van der Waals surface area contributed by atoms with E-state index in [1.807, 2.05) is 0 Å². The molecule has 0 unspecified atom stereocenters. The summed E-state index contributed by atoms with van der Waals surface area (Å²) in [6, 6.07) is 4.71. The largest absolute Gasteiger partial charge is 0.461 e. The lowest BCUT2D eigenvalue weighted by Crippen LogP contribution is -2.30. The molecule has 5 nitrogen and oxygen atoms in total. The van der Waals surface area contributed by atoms with Crippen LogP contribution in [0.5, 0.6) is 0 Å². The topological polar surface area (TPSA) is 55.9 Å². The zero-order valence-electron chi connectivity index (χ0n) is 13.4. The minimum absolute atomic E-state index is 0.185. The smallest absolute Gasteiger partial charge is 0.417 e. The molecule has 1 fully saturated rings. The molecule has 1 saturated carbocycles. The molecule has 0 amide bonds. The van der Waals surface area contributed by atoms with E-state index >= 15 is 0 Å². The summed E-state index contributed by atoms with van der Waals surface area (Å²) >= 11 is 0. The lowest BCUT2D eigenvalue weighted by atomic mass is 9.96. The van der Waals surface area contributed by atoms with Gasteiger partial charge in [-0.2, -0.15) is 13.2 Å². The number of pyridine rings is 1. The van der Waals surface area contributed by atoms with Crippen molar-refractivity contribution in [2.24, 2.45) is 0 Å². The van der Waals surface area contributed by atoms with Crippen molar-refractivity contribution >= 4 is 11.2 Å². The first kappa shape index (κ1) is 16.0. The third-order valence-corrected chi connectivity index (χ3v) is 4.48. The van der Waals surface area contributed by atoms with Gasteiger partial charge >= 0.3 is 6.18 Å². The Morgan fingerprint density at radius 1 is 1.20 bits per heavy atom. The Morgan fingerprint density at radius 3 is 2.68 bits per heavy atom. The summed E-state index contributed by atoms with van der Waals surface area (Å²) in [6.07, 6.45) is 3.39. The number of nitrogens with zero attached hydrogens (tertiary/aromatic N) is 3. The summed E-state index contributed by atoms with van der Waals surface area (Å²) in [4.78, 5) is 8.36. The van der Waals surface area contributed by atoms with Gasteiger partial charge in [0.1, 0.15) is 5.52 Å². The molecule has 3 aromatic heterocycles. The molecule has 0 saturated heterocycles. The van der Waals surface area contributed by atoms with Gasteiger partial charge in [-0.05, 0) is 31.0 Å². The second kappa shape index (κ2) is 6.09. The maximum Gasteiger partial charge on any atom is 0.417 e. The summed E-state index contributed by atoms with van der Waals surface area (Å²) in [5.41, 5.74) is 3.11. The van der Waals surface area contributed by atoms with E-state index in [-0.39, 0.29) is 11.6 Å². The number of aromatic nitrogens is 3. The maximum absolute atomic E-state index is 13.0. The van der Waals surface area contributed by atoms with Crippen LogP contribution in [0.4, 0.5) is 13.2 Å². The van der Waals surface area contributed by atoms with E-state index in [2.05, 4.69) is 15.4 Å². The number of fused-ring (bicyclic) bond motifs is 1. The number of rotatable bonds is 3. The van der Waals surface area contributed by atoms with Gasteiger partial charge in [-0.1, -0.05) is 19.3 Å². The van der Waals surface area contributed by atoms with Crippen molar-refractivity contribution in [3.05, 3.63) is 36.2 Å². The fourth-order valence-corrected chi connectivity index (χ4v) is 3.23. The molecule has 132 valence electrons. The van der Waals surface area contributed by atoms with Gasteiger partial charge in [0.15, 0.2) is 17.2 Å². The van der Waals surface area contributed by atoms with Crippen LogP contribution in [0.25, 0.3) is 22.7 Å². The molecular weight excluding hydrogens is 333 g/mol. The summed E-state index contributed by atoms with van der Waals surface area (Å²) in [6.45, 7) is 0. The number of furan rings is 1. The monoisotopic (exact) mass is 350 g/mol. The molecule has 0 radical (unpaired) electrons. The Morgan fingerprint density at radius 2 is 2.00 bits per heavy atom. The van der Waals surface area contributed by atoms with Crippen LogP contribution in [0.2, 0.25) is 0 Å². The Kier molecular flexibility index (Phi) is 3.89. The zero-order chi connectivity index (χ0) is 17.4. The van der Waals surface area contributed by atoms with Gasteiger partial charge in [0.05, 0.1) is 11.8 Å². The van der Waals surface area contributed by atoms with Crippen molar-refractivity contribution in [2.45, 2.75) is 44.3 Å². The van der Waals surface area contributed by atoms with Crippen molar-refractivity contribution in [3.8, 4) is 11.6 Å². The van der Waals surface area contributed by atoms with E-state index in [0.717, 1.165) is 37.9 Å². The quantitative estimate of drug-likeness (QED) is 0.751. The van der Waals surface area contributed by atoms with Crippen molar-refractivity contribution in [1.82, 2.24) is 14.6 Å². The predicted octanol–water partition coefficient (Wildman–Crippen LogP) is 4.59. The zero-order valence-corrected chi connectivity index (χ0v) is 13.4. The fraction of sp³-hybridized carbons (Fsp3) is 0.412. The normalized spacial score (nSPS) is 16.4. The highest BCUT2D eigenvalue weighted by Gasteiger charge is 2.32. The lowest BCUT2D eigenvalue weighted by Gasteiger charge is -2.25. The van der Waals surface area contributed by atoms with Gasteiger partial charge in [0.25, 0.3) is 0 Å². The molecule has 4 rings (SSSR count). The van der Waals surface area contributed by atoms with E-state index in [9.17, 15) is 13.2 Å². The van der Waals surface area contributed by atoms with Crippen LogP contribution in [-0.2, 0) is 6.18 Å². The fourth-order valence-electron chi connectivity index (χ4n) is 3.23. The second-order valence-electron chi connectivity index (χ2n) is 6.28. The van der Waals surface area contributed by atoms with Crippen LogP contribution >= 0.6 is 0 Å². The van der Waals surface area contributed by atoms with E-state index < -0.39 is 11.7 Å². The van der Waals surface area contributed by atoms with Gasteiger partial charge in [0, 0.05) is 12.2 Å². The first-order valence-corrected chi connectivity index (χ1v) is 8.28. The summed E-state index contributed by atoms with van der Waals surface area (Å²) < 4.78 is 45.9. The van der Waals surface area contributed by atoms with E-state index in [0.29, 0.717) is 17.2 Å². The lowest BCUT2D eigenvalue weighted by molar-refractivity contribution is -0.137. The Bertz CT molecular complexity index is 864. The van der Waals surface area contributed by atoms with Crippen LogP contribution in [0.1, 0.15) is 37.7 Å². The molecule has 1 aliphatic carbocycles. The van der Waals surface area contributed by atoms with Crippen LogP contribution in [0.15, 0.2) is 35.1 Å². The molecular formula is C17H17F3N4O. The Balaban J connectivity index is 1.81. The van der Waals surface area contributed by atoms with Crippen LogP contribution < -0.4 is 5.43 Å². The minimum Gasteiger partial charge on any atom is -0.461 e. The van der Waals surface area contributed by atoms with Gasteiger partial charge < -0.3 is 9.84 Å². The van der Waals surface area contributed by atoms with Crippen molar-refractivity contribution in [3.63, 3.8) is 0 Å². The van der Waals surface area contributed by atoms with Crippen molar-refractivity contribution in [1.29, 1.82) is 0 Å². The summed E-state index contributed by atoms with van der Waals surface area (Å²) in [5.74, 6) is 0.910. The van der Waals surface area contributed by atoms with E-state index in [1.165, 1.54) is 12.7 Å². The Labute approximate surface area is 141 Å². The highest BCUT2D eigenvalue weighted by molar-refractivity contribution is 5.77. The summed E-state index contributed by atoms with van der Waals surface area (Å²) in [7, 11) is 0. The molecule has 3 aromatic rings. The number of hydrogen-bond donors (Lipinski definition) is 1. The first-order valence-electron chi connectivity index (χ1n) is 8.28. The molecule has 1 N–H and O–H groups in total. The first-order chi connectivity index (χ1) is 12.0. The molecule has 0 bridgehead atoms. The molecule has 3 heterocycles. The van der Waals surface area contributed by atoms with Crippen LogP contribution in [0.3, 0.4) is 0 Å². The molecule has 0 spiro atoms. The predicted molar refractivity (Wildman–Crippen MR) is 86.5 cm³/mol. The molecule has 0 aromatic carbocycles. The molecule has 0 atom stereocenters. The number of imidazole rings is 1. The van der Waals surface area contributed by atoms with Gasteiger partial charge in [0.2, 0.25) is 0 Å². The number of hydrogen-bond acceptors (Lipinski definition) is 4. The third kappa shape index (κ3) is 3.08. The SMILES string of the molecule is FC(F)(F)c1cnc2c(c1)nc(-c1ccco1)n2NC1CCCCC1. The molecule has 1 aliphatic rings. The summed E-state index contributed by atoms with van der Waals surface area (Å²) in [5, 5.41) is 0. The average molecular weight is 350 g/mol. The number of nitrogens with one attached hydrogen (secondary N) is 1. The van der Waals surface area contributed by atoms with Gasteiger partial charge in [-0.3, -0.25) is 0 Å². The van der Waals surface area contributed by atoms with Crippen LogP contribution in [0, 0.1) is 0 Å². The molecule has 25 heavy (non-hydrogen) atoms. The highest BCUT2D eigenvalue weighted by Crippen LogP contribution is 2.32. The van der Waals surface area contributed by atoms with Crippen LogP contribution in [-0.4, -0.2) is 20.7 Å². The molecule has 8 heteroatoms. The van der Waals surface area contributed by atoms with E-state index in [1.54, 1.807) is 16.8 Å². The van der Waals surface area contributed by atoms with Crippen molar-refractivity contribution in [2.75, 3.05) is 5.43 Å². The van der Waals surface area contributed by atoms with Gasteiger partial charge in [-0.25, -0.2) is 14.6 Å². The highest BCUT2D eigenvalue weighted by atomic mass is 19.4.